The van der Waals surface area contributed by atoms with Crippen LogP contribution in [-0.2, 0) is 0 Å². The van der Waals surface area contributed by atoms with Gasteiger partial charge in [0.05, 0.1) is 4.92 Å². The van der Waals surface area contributed by atoms with Crippen molar-refractivity contribution in [3.05, 3.63) is 39.4 Å². The monoisotopic (exact) mass is 286 g/mol. The maximum absolute atomic E-state index is 13.6. The summed E-state index contributed by atoms with van der Waals surface area (Å²) in [7, 11) is 0. The van der Waals surface area contributed by atoms with E-state index in [4.69, 9.17) is 0 Å². The molecule has 0 amide bonds. The Morgan fingerprint density at radius 3 is 2.50 bits per heavy atom. The predicted molar refractivity (Wildman–Crippen MR) is 73.8 cm³/mol. The van der Waals surface area contributed by atoms with Crippen LogP contribution in [0.4, 0.5) is 14.5 Å². The highest BCUT2D eigenvalue weighted by Gasteiger charge is 2.28. The molecule has 0 heterocycles. The van der Waals surface area contributed by atoms with Crippen molar-refractivity contribution in [2.45, 2.75) is 45.6 Å². The SMILES string of the molecule is CCCNC(CC)C(C)c1cc(F)cc(F)c1[N+](=O)[O-]. The third kappa shape index (κ3) is 3.72. The second-order valence-corrected chi connectivity index (χ2v) is 4.84. The smallest absolute Gasteiger partial charge is 0.308 e. The standard InChI is InChI=1S/C14H20F2N2O2/c1-4-6-17-13(5-2)9(3)11-7-10(15)8-12(16)14(11)18(19)20/h7-9,13,17H,4-6H2,1-3H3. The van der Waals surface area contributed by atoms with E-state index in [0.717, 1.165) is 25.5 Å². The van der Waals surface area contributed by atoms with Crippen LogP contribution >= 0.6 is 0 Å². The first-order valence-corrected chi connectivity index (χ1v) is 6.79. The fourth-order valence-corrected chi connectivity index (χ4v) is 2.35. The van der Waals surface area contributed by atoms with Crippen LogP contribution in [0.1, 0.15) is 45.1 Å². The van der Waals surface area contributed by atoms with Gasteiger partial charge in [0, 0.05) is 23.6 Å². The molecule has 6 heteroatoms. The summed E-state index contributed by atoms with van der Waals surface area (Å²) in [5, 5.41) is 14.3. The number of rotatable bonds is 7. The van der Waals surface area contributed by atoms with Gasteiger partial charge in [-0.1, -0.05) is 20.8 Å². The quantitative estimate of drug-likeness (QED) is 0.613. The van der Waals surface area contributed by atoms with Crippen molar-refractivity contribution in [1.29, 1.82) is 0 Å². The number of hydrogen-bond acceptors (Lipinski definition) is 3. The van der Waals surface area contributed by atoms with Gasteiger partial charge in [0.25, 0.3) is 0 Å². The van der Waals surface area contributed by atoms with Gasteiger partial charge in [-0.15, -0.1) is 0 Å². The minimum absolute atomic E-state index is 0.0603. The van der Waals surface area contributed by atoms with E-state index < -0.39 is 22.2 Å². The Morgan fingerprint density at radius 1 is 1.35 bits per heavy atom. The van der Waals surface area contributed by atoms with E-state index in [0.29, 0.717) is 6.07 Å². The van der Waals surface area contributed by atoms with E-state index in [1.807, 2.05) is 13.8 Å². The van der Waals surface area contributed by atoms with Crippen LogP contribution in [-0.4, -0.2) is 17.5 Å². The first-order valence-electron chi connectivity index (χ1n) is 6.79. The summed E-state index contributed by atoms with van der Waals surface area (Å²) in [6.45, 7) is 6.45. The molecule has 1 rings (SSSR count). The van der Waals surface area contributed by atoms with Gasteiger partial charge in [-0.25, -0.2) is 4.39 Å². The number of nitro benzene ring substituents is 1. The lowest BCUT2D eigenvalue weighted by molar-refractivity contribution is -0.388. The number of nitrogens with one attached hydrogen (secondary N) is 1. The number of halogens is 2. The molecule has 0 aliphatic rings. The third-order valence-electron chi connectivity index (χ3n) is 3.43. The molecule has 112 valence electrons. The van der Waals surface area contributed by atoms with E-state index >= 15 is 0 Å². The van der Waals surface area contributed by atoms with Crippen molar-refractivity contribution < 1.29 is 13.7 Å². The van der Waals surface area contributed by atoms with Gasteiger partial charge in [0.2, 0.25) is 5.82 Å². The summed E-state index contributed by atoms with van der Waals surface area (Å²) in [6.07, 6.45) is 1.64. The van der Waals surface area contributed by atoms with Crippen molar-refractivity contribution in [1.82, 2.24) is 5.32 Å². The number of hydrogen-bond donors (Lipinski definition) is 1. The van der Waals surface area contributed by atoms with Crippen LogP contribution in [0.2, 0.25) is 0 Å². The first-order chi connectivity index (χ1) is 9.42. The van der Waals surface area contributed by atoms with Crippen molar-refractivity contribution in [2.75, 3.05) is 6.54 Å². The molecule has 0 aromatic heterocycles. The molecule has 0 bridgehead atoms. The average Bonchev–Trinajstić information content (AvgIpc) is 2.37. The Morgan fingerprint density at radius 2 is 2.00 bits per heavy atom. The third-order valence-corrected chi connectivity index (χ3v) is 3.43. The first kappa shape index (κ1) is 16.5. The lowest BCUT2D eigenvalue weighted by atomic mass is 9.90. The Hall–Kier alpha value is -1.56. The van der Waals surface area contributed by atoms with E-state index in [2.05, 4.69) is 5.32 Å². The minimum atomic E-state index is -1.12. The molecule has 0 fully saturated rings. The lowest BCUT2D eigenvalue weighted by Crippen LogP contribution is -2.34. The van der Waals surface area contributed by atoms with Crippen LogP contribution in [0.15, 0.2) is 12.1 Å². The Labute approximate surface area is 117 Å². The van der Waals surface area contributed by atoms with E-state index in [9.17, 15) is 18.9 Å². The molecule has 0 spiro atoms. The summed E-state index contributed by atoms with van der Waals surface area (Å²) < 4.78 is 27.0. The van der Waals surface area contributed by atoms with Gasteiger partial charge in [0.15, 0.2) is 0 Å². The predicted octanol–water partition coefficient (Wildman–Crippen LogP) is 3.75. The zero-order valence-corrected chi connectivity index (χ0v) is 12.0. The van der Waals surface area contributed by atoms with E-state index in [1.165, 1.54) is 0 Å². The Bertz CT molecular complexity index is 480. The molecule has 2 unspecified atom stereocenters. The second-order valence-electron chi connectivity index (χ2n) is 4.84. The fraction of sp³-hybridized carbons (Fsp3) is 0.571. The minimum Gasteiger partial charge on any atom is -0.313 e. The van der Waals surface area contributed by atoms with Gasteiger partial charge in [-0.3, -0.25) is 10.1 Å². The van der Waals surface area contributed by atoms with Gasteiger partial charge in [0.1, 0.15) is 5.82 Å². The zero-order valence-electron chi connectivity index (χ0n) is 12.0. The molecule has 2 atom stereocenters. The van der Waals surface area contributed by atoms with Crippen LogP contribution < -0.4 is 5.32 Å². The molecule has 4 nitrogen and oxygen atoms in total. The number of nitrogens with zero attached hydrogens (tertiary/aromatic N) is 1. The Kier molecular flexibility index (Phi) is 6.01. The van der Waals surface area contributed by atoms with E-state index in [1.54, 1.807) is 6.92 Å². The lowest BCUT2D eigenvalue weighted by Gasteiger charge is -2.24. The average molecular weight is 286 g/mol. The van der Waals surface area contributed by atoms with Gasteiger partial charge < -0.3 is 5.32 Å². The van der Waals surface area contributed by atoms with E-state index in [-0.39, 0.29) is 17.5 Å². The molecule has 1 aromatic carbocycles. The highest BCUT2D eigenvalue weighted by Crippen LogP contribution is 2.32. The van der Waals surface area contributed by atoms with Gasteiger partial charge in [-0.2, -0.15) is 4.39 Å². The largest absolute Gasteiger partial charge is 0.313 e. The Balaban J connectivity index is 3.19. The molecule has 1 N–H and O–H groups in total. The molecule has 1 aromatic rings. The fourth-order valence-electron chi connectivity index (χ4n) is 2.35. The molecular weight excluding hydrogens is 266 g/mol. The maximum Gasteiger partial charge on any atom is 0.308 e. The van der Waals surface area contributed by atoms with Crippen molar-refractivity contribution >= 4 is 5.69 Å². The van der Waals surface area contributed by atoms with Crippen molar-refractivity contribution in [2.24, 2.45) is 0 Å². The zero-order chi connectivity index (χ0) is 15.3. The van der Waals surface area contributed by atoms with Crippen LogP contribution in [0.5, 0.6) is 0 Å². The second kappa shape index (κ2) is 7.28. The molecule has 20 heavy (non-hydrogen) atoms. The maximum atomic E-state index is 13.6. The molecular formula is C14H20F2N2O2. The number of nitro groups is 1. The molecule has 0 aliphatic carbocycles. The normalized spacial score (nSPS) is 14.1. The van der Waals surface area contributed by atoms with Gasteiger partial charge in [-0.05, 0) is 25.5 Å². The van der Waals surface area contributed by atoms with Crippen LogP contribution in [0.3, 0.4) is 0 Å². The summed E-state index contributed by atoms with van der Waals surface area (Å²) in [4.78, 5) is 10.2. The number of benzene rings is 1. The van der Waals surface area contributed by atoms with Crippen LogP contribution in [0, 0.1) is 21.7 Å². The summed E-state index contributed by atoms with van der Waals surface area (Å²) in [6, 6.07) is 1.55. The highest BCUT2D eigenvalue weighted by molar-refractivity contribution is 5.44. The summed E-state index contributed by atoms with van der Waals surface area (Å²) in [5.74, 6) is -2.26. The molecule has 0 saturated carbocycles. The molecule has 0 radical (unpaired) electrons. The molecule has 0 aliphatic heterocycles. The van der Waals surface area contributed by atoms with Crippen LogP contribution in [0.25, 0.3) is 0 Å². The van der Waals surface area contributed by atoms with Gasteiger partial charge >= 0.3 is 5.69 Å². The summed E-state index contributed by atoms with van der Waals surface area (Å²) in [5.41, 5.74) is -0.529. The topological polar surface area (TPSA) is 55.2 Å². The summed E-state index contributed by atoms with van der Waals surface area (Å²) >= 11 is 0. The molecule has 0 saturated heterocycles. The highest BCUT2D eigenvalue weighted by atomic mass is 19.1. The van der Waals surface area contributed by atoms with Crippen molar-refractivity contribution in [3.63, 3.8) is 0 Å². The van der Waals surface area contributed by atoms with Crippen molar-refractivity contribution in [3.8, 4) is 0 Å².